The molecule has 0 saturated heterocycles. The number of aryl methyl sites for hydroxylation is 2. The number of para-hydroxylation sites is 1. The number of nitrogens with one attached hydrogen (secondary N) is 2. The highest BCUT2D eigenvalue weighted by atomic mass is 32.2. The number of carbonyl (C=O) groups is 1. The van der Waals surface area contributed by atoms with E-state index in [2.05, 4.69) is 15.3 Å². The number of thioether (sulfide) groups is 1. The van der Waals surface area contributed by atoms with E-state index >= 15 is 0 Å². The Balaban J connectivity index is 1.89. The van der Waals surface area contributed by atoms with E-state index in [0.717, 1.165) is 22.9 Å². The van der Waals surface area contributed by atoms with Crippen LogP contribution < -0.4 is 10.9 Å². The van der Waals surface area contributed by atoms with E-state index in [1.54, 1.807) is 0 Å². The summed E-state index contributed by atoms with van der Waals surface area (Å²) in [4.78, 5) is 29.4. The highest BCUT2D eigenvalue weighted by Gasteiger charge is 2.08. The van der Waals surface area contributed by atoms with Crippen LogP contribution in [0.4, 0.5) is 5.69 Å². The molecule has 0 spiro atoms. The van der Waals surface area contributed by atoms with Gasteiger partial charge in [0.1, 0.15) is 0 Å². The van der Waals surface area contributed by atoms with Crippen molar-refractivity contribution in [3.8, 4) is 5.88 Å². The van der Waals surface area contributed by atoms with Gasteiger partial charge >= 0.3 is 0 Å². The standard InChI is InChI=1S/C15H17N3O3S/c1-9-4-3-5-10(2)14(9)16-11(19)6-7-22-15-17-12(20)8-13(21)18-15/h3-5,8H,6-7H2,1-2H3,(H,16,19)(H2,17,18,20,21). The minimum atomic E-state index is -0.421. The molecule has 0 bridgehead atoms. The molecule has 2 rings (SSSR count). The van der Waals surface area contributed by atoms with Crippen LogP contribution in [0.15, 0.2) is 34.2 Å². The first-order valence-electron chi connectivity index (χ1n) is 6.75. The summed E-state index contributed by atoms with van der Waals surface area (Å²) in [6.07, 6.45) is 0.276. The molecule has 0 unspecified atom stereocenters. The average Bonchev–Trinajstić information content (AvgIpc) is 2.42. The molecule has 3 N–H and O–H groups in total. The molecule has 0 saturated carbocycles. The molecular formula is C15H17N3O3S. The third kappa shape index (κ3) is 4.36. The molecule has 1 aromatic carbocycles. The maximum absolute atomic E-state index is 12.0. The van der Waals surface area contributed by atoms with E-state index in [9.17, 15) is 14.7 Å². The number of aromatic amines is 1. The molecule has 0 radical (unpaired) electrons. The summed E-state index contributed by atoms with van der Waals surface area (Å²) in [7, 11) is 0. The molecule has 1 heterocycles. The maximum Gasteiger partial charge on any atom is 0.255 e. The first-order valence-corrected chi connectivity index (χ1v) is 7.73. The van der Waals surface area contributed by atoms with E-state index in [1.807, 2.05) is 32.0 Å². The topological polar surface area (TPSA) is 95.1 Å². The van der Waals surface area contributed by atoms with E-state index in [4.69, 9.17) is 0 Å². The van der Waals surface area contributed by atoms with E-state index in [1.165, 1.54) is 11.8 Å². The fourth-order valence-electron chi connectivity index (χ4n) is 1.95. The summed E-state index contributed by atoms with van der Waals surface area (Å²) in [5.74, 6) is 0.0158. The first kappa shape index (κ1) is 16.1. The number of nitrogens with zero attached hydrogens (tertiary/aromatic N) is 1. The Morgan fingerprint density at radius 3 is 2.68 bits per heavy atom. The van der Waals surface area contributed by atoms with Crippen molar-refractivity contribution in [3.63, 3.8) is 0 Å². The number of hydrogen-bond acceptors (Lipinski definition) is 5. The van der Waals surface area contributed by atoms with Gasteiger partial charge in [0, 0.05) is 17.9 Å². The van der Waals surface area contributed by atoms with E-state index < -0.39 is 5.56 Å². The minimum Gasteiger partial charge on any atom is -0.493 e. The Morgan fingerprint density at radius 2 is 2.05 bits per heavy atom. The lowest BCUT2D eigenvalue weighted by Crippen LogP contribution is -2.14. The van der Waals surface area contributed by atoms with Crippen LogP contribution in [-0.2, 0) is 4.79 Å². The smallest absolute Gasteiger partial charge is 0.255 e. The molecule has 1 amide bonds. The predicted molar refractivity (Wildman–Crippen MR) is 86.4 cm³/mol. The summed E-state index contributed by atoms with van der Waals surface area (Å²) in [6, 6.07) is 6.83. The van der Waals surface area contributed by atoms with Gasteiger partial charge in [-0.3, -0.25) is 9.59 Å². The van der Waals surface area contributed by atoms with Crippen molar-refractivity contribution in [1.82, 2.24) is 9.97 Å². The Labute approximate surface area is 132 Å². The van der Waals surface area contributed by atoms with Crippen LogP contribution in [0, 0.1) is 13.8 Å². The molecule has 116 valence electrons. The molecule has 0 fully saturated rings. The molecule has 1 aromatic heterocycles. The molecular weight excluding hydrogens is 302 g/mol. The Hall–Kier alpha value is -2.28. The molecule has 0 aliphatic heterocycles. The van der Waals surface area contributed by atoms with Gasteiger partial charge in [0.2, 0.25) is 11.8 Å². The molecule has 0 aliphatic carbocycles. The second-order valence-corrected chi connectivity index (χ2v) is 5.91. The lowest BCUT2D eigenvalue weighted by atomic mass is 10.1. The molecule has 0 aliphatic rings. The van der Waals surface area contributed by atoms with Crippen molar-refractivity contribution in [3.05, 3.63) is 45.7 Å². The van der Waals surface area contributed by atoms with Gasteiger partial charge in [-0.15, -0.1) is 0 Å². The SMILES string of the molecule is Cc1cccc(C)c1NC(=O)CCSc1nc(O)cc(=O)[nH]1. The van der Waals surface area contributed by atoms with Crippen molar-refractivity contribution in [1.29, 1.82) is 0 Å². The normalized spacial score (nSPS) is 10.5. The van der Waals surface area contributed by atoms with Crippen LogP contribution in [0.3, 0.4) is 0 Å². The number of amides is 1. The quantitative estimate of drug-likeness (QED) is 0.580. The third-order valence-corrected chi connectivity index (χ3v) is 3.89. The zero-order valence-electron chi connectivity index (χ0n) is 12.3. The average molecular weight is 319 g/mol. The number of hydrogen-bond donors (Lipinski definition) is 3. The number of anilines is 1. The number of aromatic hydroxyl groups is 1. The van der Waals surface area contributed by atoms with Crippen molar-refractivity contribution in [2.75, 3.05) is 11.1 Å². The molecule has 22 heavy (non-hydrogen) atoms. The van der Waals surface area contributed by atoms with Crippen molar-refractivity contribution < 1.29 is 9.90 Å². The summed E-state index contributed by atoms with van der Waals surface area (Å²) >= 11 is 1.21. The van der Waals surface area contributed by atoms with Gasteiger partial charge in [0.25, 0.3) is 5.56 Å². The van der Waals surface area contributed by atoms with Crippen LogP contribution in [0.2, 0.25) is 0 Å². The van der Waals surface area contributed by atoms with Crippen LogP contribution in [0.1, 0.15) is 17.5 Å². The zero-order chi connectivity index (χ0) is 16.1. The maximum atomic E-state index is 12.0. The fraction of sp³-hybridized carbons (Fsp3) is 0.267. The van der Waals surface area contributed by atoms with E-state index in [-0.39, 0.29) is 18.2 Å². The minimum absolute atomic E-state index is 0.104. The molecule has 2 aromatic rings. The number of rotatable bonds is 5. The molecule has 7 heteroatoms. The van der Waals surface area contributed by atoms with Gasteiger partial charge in [0.15, 0.2) is 5.16 Å². The molecule has 0 atom stereocenters. The van der Waals surface area contributed by atoms with Crippen molar-refractivity contribution in [2.45, 2.75) is 25.4 Å². The number of benzene rings is 1. The zero-order valence-corrected chi connectivity index (χ0v) is 13.2. The number of aromatic nitrogens is 2. The van der Waals surface area contributed by atoms with Crippen LogP contribution in [-0.4, -0.2) is 26.7 Å². The van der Waals surface area contributed by atoms with E-state index in [0.29, 0.717) is 10.9 Å². The third-order valence-electron chi connectivity index (χ3n) is 3.02. The second-order valence-electron chi connectivity index (χ2n) is 4.82. The number of carbonyl (C=O) groups excluding carboxylic acids is 1. The Bertz CT molecular complexity index is 723. The Kier molecular flexibility index (Phi) is 5.21. The van der Waals surface area contributed by atoms with Gasteiger partial charge in [-0.1, -0.05) is 30.0 Å². The fourth-order valence-corrected chi connectivity index (χ4v) is 2.76. The summed E-state index contributed by atoms with van der Waals surface area (Å²) in [6.45, 7) is 3.89. The first-order chi connectivity index (χ1) is 10.5. The summed E-state index contributed by atoms with van der Waals surface area (Å²) < 4.78 is 0. The summed E-state index contributed by atoms with van der Waals surface area (Å²) in [5, 5.41) is 12.4. The van der Waals surface area contributed by atoms with Crippen molar-refractivity contribution >= 4 is 23.4 Å². The lowest BCUT2D eigenvalue weighted by Gasteiger charge is -2.11. The van der Waals surface area contributed by atoms with Gasteiger partial charge in [0.05, 0.1) is 6.07 Å². The predicted octanol–water partition coefficient (Wildman–Crippen LogP) is 2.21. The van der Waals surface area contributed by atoms with Crippen molar-refractivity contribution in [2.24, 2.45) is 0 Å². The lowest BCUT2D eigenvalue weighted by molar-refractivity contribution is -0.115. The van der Waals surface area contributed by atoms with Gasteiger partial charge in [-0.25, -0.2) is 0 Å². The summed E-state index contributed by atoms with van der Waals surface area (Å²) in [5.41, 5.74) is 2.44. The van der Waals surface area contributed by atoms with Gasteiger partial charge in [-0.2, -0.15) is 4.98 Å². The number of H-pyrrole nitrogens is 1. The highest BCUT2D eigenvalue weighted by Crippen LogP contribution is 2.20. The van der Waals surface area contributed by atoms with Crippen LogP contribution >= 0.6 is 11.8 Å². The molecule has 6 nitrogen and oxygen atoms in total. The highest BCUT2D eigenvalue weighted by molar-refractivity contribution is 7.99. The van der Waals surface area contributed by atoms with Crippen LogP contribution in [0.5, 0.6) is 5.88 Å². The monoisotopic (exact) mass is 319 g/mol. The van der Waals surface area contributed by atoms with Gasteiger partial charge in [-0.05, 0) is 25.0 Å². The Morgan fingerprint density at radius 1 is 1.36 bits per heavy atom. The largest absolute Gasteiger partial charge is 0.493 e. The second kappa shape index (κ2) is 7.13. The van der Waals surface area contributed by atoms with Crippen LogP contribution in [0.25, 0.3) is 0 Å². The van der Waals surface area contributed by atoms with Gasteiger partial charge < -0.3 is 15.4 Å².